The maximum absolute atomic E-state index is 13.7. The molecule has 0 spiro atoms. The zero-order chi connectivity index (χ0) is 31.3. The summed E-state index contributed by atoms with van der Waals surface area (Å²) < 4.78 is 12.5. The Hall–Kier alpha value is -2.81. The molecule has 0 unspecified atom stereocenters. The third-order valence-corrected chi connectivity index (χ3v) is 9.26. The third-order valence-electron chi connectivity index (χ3n) is 7.94. The van der Waals surface area contributed by atoms with Gasteiger partial charge in [-0.1, -0.05) is 50.9 Å². The maximum Gasteiger partial charge on any atom is 0.262 e. The van der Waals surface area contributed by atoms with Gasteiger partial charge in [0.15, 0.2) is 29.7 Å². The minimum atomic E-state index is -0.527. The van der Waals surface area contributed by atoms with Crippen LogP contribution in [0.15, 0.2) is 57.3 Å². The Labute approximate surface area is 270 Å². The molecule has 0 radical (unpaired) electrons. The average molecular weight is 690 g/mol. The summed E-state index contributed by atoms with van der Waals surface area (Å²) in [7, 11) is 0. The number of ether oxygens (including phenoxy) is 2. The van der Waals surface area contributed by atoms with Crippen LogP contribution < -0.4 is 20.1 Å². The first-order valence-corrected chi connectivity index (χ1v) is 15.9. The highest BCUT2D eigenvalue weighted by Crippen LogP contribution is 2.52. The predicted octanol–water partition coefficient (Wildman–Crippen LogP) is 8.15. The van der Waals surface area contributed by atoms with E-state index in [0.717, 1.165) is 17.0 Å². The molecule has 0 saturated carbocycles. The summed E-state index contributed by atoms with van der Waals surface area (Å²) in [6.45, 7) is 10.3. The van der Waals surface area contributed by atoms with Gasteiger partial charge in [-0.05, 0) is 82.4 Å². The fourth-order valence-electron chi connectivity index (χ4n) is 6.29. The highest BCUT2D eigenvalue weighted by atomic mass is 79.9. The van der Waals surface area contributed by atoms with E-state index in [1.165, 1.54) is 0 Å². The molecule has 2 aromatic carbocycles. The summed E-state index contributed by atoms with van der Waals surface area (Å²) in [5.41, 5.74) is 3.95. The van der Waals surface area contributed by atoms with Crippen molar-refractivity contribution in [3.05, 3.63) is 73.0 Å². The van der Waals surface area contributed by atoms with E-state index < -0.39 is 11.8 Å². The molecule has 1 amide bonds. The van der Waals surface area contributed by atoms with Gasteiger partial charge < -0.3 is 20.1 Å². The predicted molar refractivity (Wildman–Crippen MR) is 172 cm³/mol. The molecule has 0 aromatic heterocycles. The van der Waals surface area contributed by atoms with Crippen molar-refractivity contribution < 1.29 is 23.9 Å². The zero-order valence-electron chi connectivity index (χ0n) is 24.9. The number of benzene rings is 2. The van der Waals surface area contributed by atoms with Gasteiger partial charge >= 0.3 is 0 Å². The molecule has 3 aliphatic rings. The maximum atomic E-state index is 13.7. The number of hydrogen-bond acceptors (Lipinski definition) is 6. The lowest BCUT2D eigenvalue weighted by molar-refractivity contribution is -0.119. The van der Waals surface area contributed by atoms with Crippen LogP contribution in [0.3, 0.4) is 0 Å². The molecule has 228 valence electrons. The van der Waals surface area contributed by atoms with Crippen molar-refractivity contribution in [3.63, 3.8) is 0 Å². The Bertz CT molecular complexity index is 1540. The lowest BCUT2D eigenvalue weighted by atomic mass is 9.64. The molecule has 10 heteroatoms. The molecule has 43 heavy (non-hydrogen) atoms. The number of Topliss-reactive ketones (excluding diaryl/α,β-unsaturated/α-hetero) is 2. The van der Waals surface area contributed by atoms with Gasteiger partial charge in [-0.3, -0.25) is 14.4 Å². The van der Waals surface area contributed by atoms with E-state index in [4.69, 9.17) is 32.7 Å². The molecule has 2 aliphatic carbocycles. The Morgan fingerprint density at radius 2 is 1.53 bits per heavy atom. The molecule has 0 saturated heterocycles. The number of rotatable bonds is 7. The van der Waals surface area contributed by atoms with E-state index in [9.17, 15) is 14.4 Å². The van der Waals surface area contributed by atoms with E-state index in [2.05, 4.69) is 54.3 Å². The zero-order valence-corrected chi connectivity index (χ0v) is 28.0. The van der Waals surface area contributed by atoms with Gasteiger partial charge in [0, 0.05) is 47.0 Å². The summed E-state index contributed by atoms with van der Waals surface area (Å²) >= 11 is 15.7. The van der Waals surface area contributed by atoms with Crippen molar-refractivity contribution in [1.29, 1.82) is 0 Å². The second-order valence-electron chi connectivity index (χ2n) is 13.0. The Kier molecular flexibility index (Phi) is 8.78. The Morgan fingerprint density at radius 1 is 0.930 bits per heavy atom. The van der Waals surface area contributed by atoms with E-state index in [1.807, 2.05) is 19.1 Å². The van der Waals surface area contributed by atoms with E-state index in [0.29, 0.717) is 75.1 Å². The first kappa shape index (κ1) is 31.6. The quantitative estimate of drug-likeness (QED) is 0.305. The largest absolute Gasteiger partial charge is 0.490 e. The molecule has 0 atom stereocenters. The minimum Gasteiger partial charge on any atom is -0.490 e. The molecule has 2 N–H and O–H groups in total. The van der Waals surface area contributed by atoms with Gasteiger partial charge in [0.2, 0.25) is 0 Å². The van der Waals surface area contributed by atoms with Crippen molar-refractivity contribution in [3.8, 4) is 11.5 Å². The number of anilines is 1. The van der Waals surface area contributed by atoms with Crippen LogP contribution in [0.2, 0.25) is 10.0 Å². The molecule has 7 nitrogen and oxygen atoms in total. The van der Waals surface area contributed by atoms with Crippen LogP contribution in [0.1, 0.15) is 71.8 Å². The van der Waals surface area contributed by atoms with Crippen LogP contribution in [0.25, 0.3) is 0 Å². The van der Waals surface area contributed by atoms with Crippen molar-refractivity contribution in [1.82, 2.24) is 5.32 Å². The van der Waals surface area contributed by atoms with Crippen molar-refractivity contribution in [2.45, 2.75) is 66.2 Å². The fourth-order valence-corrected chi connectivity index (χ4v) is 7.16. The molecule has 0 bridgehead atoms. The lowest BCUT2D eigenvalue weighted by Crippen LogP contribution is -2.42. The van der Waals surface area contributed by atoms with Crippen LogP contribution in [-0.2, 0) is 14.4 Å². The van der Waals surface area contributed by atoms with E-state index in [-0.39, 0.29) is 29.0 Å². The minimum absolute atomic E-state index is 0.0429. The number of dihydropyridines is 1. The number of allylic oxidation sites excluding steroid dienone is 4. The fraction of sp³-hybridized carbons (Fsp3) is 0.424. The van der Waals surface area contributed by atoms with Gasteiger partial charge in [0.05, 0.1) is 21.1 Å². The molecule has 1 heterocycles. The standard InChI is InChI=1S/C33H35BrCl2N2O5/c1-6-42-26-10-17(9-19(34)31(26)43-16-27(41)37-18-7-8-20(35)21(36)11-18)28-29-22(12-32(2,3)14-24(29)39)38-23-13-33(4,5)15-25(40)30(23)28/h7-11,28,38H,6,12-16H2,1-5H3,(H,37,41). The molecule has 5 rings (SSSR count). The first-order chi connectivity index (χ1) is 20.2. The van der Waals surface area contributed by atoms with Crippen LogP contribution in [0.5, 0.6) is 11.5 Å². The summed E-state index contributed by atoms with van der Waals surface area (Å²) in [6, 6.07) is 8.49. The Morgan fingerprint density at radius 3 is 2.09 bits per heavy atom. The van der Waals surface area contributed by atoms with Crippen molar-refractivity contribution in [2.75, 3.05) is 18.5 Å². The molecular weight excluding hydrogens is 655 g/mol. The normalized spacial score (nSPS) is 19.4. The molecule has 2 aromatic rings. The SMILES string of the molecule is CCOc1cc(C2C3=C(CC(C)(C)CC3=O)NC3=C2C(=O)CC(C)(C)C3)cc(Br)c1OCC(=O)Nc1ccc(Cl)c(Cl)c1. The number of halogens is 3. The Balaban J connectivity index is 1.51. The van der Waals surface area contributed by atoms with E-state index >= 15 is 0 Å². The van der Waals surface area contributed by atoms with Crippen LogP contribution in [0, 0.1) is 10.8 Å². The molecule has 0 fully saturated rings. The van der Waals surface area contributed by atoms with E-state index in [1.54, 1.807) is 18.2 Å². The van der Waals surface area contributed by atoms with Gasteiger partial charge in [-0.2, -0.15) is 0 Å². The number of hydrogen-bond donors (Lipinski definition) is 2. The first-order valence-electron chi connectivity index (χ1n) is 14.3. The molecular formula is C33H35BrCl2N2O5. The van der Waals surface area contributed by atoms with Gasteiger partial charge in [0.25, 0.3) is 5.91 Å². The number of carbonyl (C=O) groups is 3. The van der Waals surface area contributed by atoms with Crippen LogP contribution in [-0.4, -0.2) is 30.7 Å². The summed E-state index contributed by atoms with van der Waals surface area (Å²) in [5, 5.41) is 7.00. The van der Waals surface area contributed by atoms with Crippen LogP contribution >= 0.6 is 39.1 Å². The smallest absolute Gasteiger partial charge is 0.262 e. The van der Waals surface area contributed by atoms with Crippen molar-refractivity contribution in [2.24, 2.45) is 10.8 Å². The monoisotopic (exact) mass is 688 g/mol. The number of ketones is 2. The lowest BCUT2D eigenvalue weighted by Gasteiger charge is -2.44. The summed E-state index contributed by atoms with van der Waals surface area (Å²) in [4.78, 5) is 40.1. The third kappa shape index (κ3) is 6.66. The number of carbonyl (C=O) groups excluding carboxylic acids is 3. The van der Waals surface area contributed by atoms with Gasteiger partial charge in [-0.15, -0.1) is 0 Å². The second-order valence-corrected chi connectivity index (χ2v) is 14.6. The second kappa shape index (κ2) is 11.9. The number of amides is 1. The molecule has 1 aliphatic heterocycles. The van der Waals surface area contributed by atoms with Crippen molar-refractivity contribution >= 4 is 62.3 Å². The van der Waals surface area contributed by atoms with Crippen LogP contribution in [0.4, 0.5) is 5.69 Å². The topological polar surface area (TPSA) is 93.7 Å². The number of nitrogens with one attached hydrogen (secondary N) is 2. The van der Waals surface area contributed by atoms with Gasteiger partial charge in [-0.25, -0.2) is 0 Å². The average Bonchev–Trinajstić information content (AvgIpc) is 2.87. The van der Waals surface area contributed by atoms with Gasteiger partial charge in [0.1, 0.15) is 0 Å². The highest BCUT2D eigenvalue weighted by Gasteiger charge is 2.46. The summed E-state index contributed by atoms with van der Waals surface area (Å²) in [6.07, 6.45) is 2.23. The summed E-state index contributed by atoms with van der Waals surface area (Å²) in [5.74, 6) is -0.0853. The highest BCUT2D eigenvalue weighted by molar-refractivity contribution is 9.10.